The van der Waals surface area contributed by atoms with Crippen LogP contribution in [0.2, 0.25) is 0 Å². The number of likely N-dealkylation sites (tertiary alicyclic amines) is 1. The SMILES string of the molecule is Cc1nc(CC2CCN(C(=O)CCc3ccc4c(c3)C[C@H](C)O4)CC2)cc(N2CCCC2)n1. The molecule has 1 amide bonds. The summed E-state index contributed by atoms with van der Waals surface area (Å²) in [5.74, 6) is 3.84. The van der Waals surface area contributed by atoms with E-state index in [1.165, 1.54) is 24.0 Å². The molecule has 1 atom stereocenters. The number of amides is 1. The number of hydrogen-bond donors (Lipinski definition) is 0. The van der Waals surface area contributed by atoms with Gasteiger partial charge in [0.25, 0.3) is 0 Å². The van der Waals surface area contributed by atoms with Crippen LogP contribution in [0.3, 0.4) is 0 Å². The number of carbonyl (C=O) groups excluding carboxylic acids is 1. The molecule has 2 saturated heterocycles. The third-order valence-corrected chi connectivity index (χ3v) is 7.36. The predicted octanol–water partition coefficient (Wildman–Crippen LogP) is 4.12. The molecule has 176 valence electrons. The Morgan fingerprint density at radius 1 is 1.09 bits per heavy atom. The molecule has 0 bridgehead atoms. The van der Waals surface area contributed by atoms with Gasteiger partial charge in [0.1, 0.15) is 23.5 Å². The zero-order chi connectivity index (χ0) is 22.8. The molecule has 2 fully saturated rings. The maximum Gasteiger partial charge on any atom is 0.222 e. The number of carbonyl (C=O) groups is 1. The molecule has 0 N–H and O–H groups in total. The van der Waals surface area contributed by atoms with E-state index in [0.29, 0.717) is 12.3 Å². The van der Waals surface area contributed by atoms with Gasteiger partial charge in [0.15, 0.2) is 0 Å². The summed E-state index contributed by atoms with van der Waals surface area (Å²) in [6.07, 6.45) is 8.23. The monoisotopic (exact) mass is 448 g/mol. The van der Waals surface area contributed by atoms with Crippen molar-refractivity contribution in [1.82, 2.24) is 14.9 Å². The number of hydrogen-bond acceptors (Lipinski definition) is 5. The van der Waals surface area contributed by atoms with Crippen LogP contribution in [0.5, 0.6) is 5.75 Å². The van der Waals surface area contributed by atoms with Gasteiger partial charge in [-0.25, -0.2) is 9.97 Å². The number of nitrogens with zero attached hydrogens (tertiary/aromatic N) is 4. The second-order valence-electron chi connectivity index (χ2n) is 10.1. The van der Waals surface area contributed by atoms with Gasteiger partial charge in [0, 0.05) is 50.8 Å². The number of piperidine rings is 1. The fourth-order valence-electron chi connectivity index (χ4n) is 5.55. The average molecular weight is 449 g/mol. The van der Waals surface area contributed by atoms with Crippen molar-refractivity contribution in [3.63, 3.8) is 0 Å². The number of benzene rings is 1. The highest BCUT2D eigenvalue weighted by Gasteiger charge is 2.24. The first-order valence-corrected chi connectivity index (χ1v) is 12.7. The van der Waals surface area contributed by atoms with Crippen LogP contribution in [-0.2, 0) is 24.1 Å². The lowest BCUT2D eigenvalue weighted by molar-refractivity contribution is -0.132. The van der Waals surface area contributed by atoms with Gasteiger partial charge in [-0.15, -0.1) is 0 Å². The fourth-order valence-corrected chi connectivity index (χ4v) is 5.55. The van der Waals surface area contributed by atoms with Crippen LogP contribution < -0.4 is 9.64 Å². The van der Waals surface area contributed by atoms with Gasteiger partial charge in [-0.3, -0.25) is 4.79 Å². The van der Waals surface area contributed by atoms with Crippen molar-refractivity contribution < 1.29 is 9.53 Å². The molecule has 0 radical (unpaired) electrons. The molecule has 0 spiro atoms. The summed E-state index contributed by atoms with van der Waals surface area (Å²) in [4.78, 5) is 26.7. The Morgan fingerprint density at radius 3 is 2.67 bits per heavy atom. The van der Waals surface area contributed by atoms with Crippen molar-refractivity contribution in [2.45, 2.75) is 71.3 Å². The molecule has 0 aliphatic carbocycles. The van der Waals surface area contributed by atoms with Crippen LogP contribution in [-0.4, -0.2) is 53.1 Å². The number of ether oxygens (including phenoxy) is 1. The van der Waals surface area contributed by atoms with Gasteiger partial charge >= 0.3 is 0 Å². The molecule has 6 heteroatoms. The fraction of sp³-hybridized carbons (Fsp3) is 0.593. The van der Waals surface area contributed by atoms with Gasteiger partial charge in [0.2, 0.25) is 5.91 Å². The molecule has 4 heterocycles. The number of aryl methyl sites for hydroxylation is 2. The standard InChI is InChI=1S/C27H36N4O2/c1-19-15-23-16-21(5-7-25(23)33-19)6-8-27(32)31-13-9-22(10-14-31)17-24-18-26(29-20(2)28-24)30-11-3-4-12-30/h5,7,16,18-19,22H,3-4,6,8-15,17H2,1-2H3/t19-/m0/s1. The molecular formula is C27H36N4O2. The maximum atomic E-state index is 12.8. The normalized spacial score (nSPS) is 20.7. The molecule has 0 saturated carbocycles. The smallest absolute Gasteiger partial charge is 0.222 e. The maximum absolute atomic E-state index is 12.8. The lowest BCUT2D eigenvalue weighted by Gasteiger charge is -2.32. The number of fused-ring (bicyclic) bond motifs is 1. The molecule has 5 rings (SSSR count). The first kappa shape index (κ1) is 22.2. The summed E-state index contributed by atoms with van der Waals surface area (Å²) in [7, 11) is 0. The molecule has 1 aromatic heterocycles. The van der Waals surface area contributed by atoms with Gasteiger partial charge in [0.05, 0.1) is 0 Å². The van der Waals surface area contributed by atoms with Crippen molar-refractivity contribution in [3.05, 3.63) is 46.9 Å². The van der Waals surface area contributed by atoms with Gasteiger partial charge in [-0.2, -0.15) is 0 Å². The highest BCUT2D eigenvalue weighted by atomic mass is 16.5. The van der Waals surface area contributed by atoms with Gasteiger partial charge in [-0.1, -0.05) is 12.1 Å². The summed E-state index contributed by atoms with van der Waals surface area (Å²) in [6, 6.07) is 8.58. The predicted molar refractivity (Wildman–Crippen MR) is 130 cm³/mol. The van der Waals surface area contributed by atoms with E-state index in [2.05, 4.69) is 46.0 Å². The molecule has 33 heavy (non-hydrogen) atoms. The Hall–Kier alpha value is -2.63. The minimum atomic E-state index is 0.260. The van der Waals surface area contributed by atoms with Crippen LogP contribution in [0.4, 0.5) is 5.82 Å². The lowest BCUT2D eigenvalue weighted by Crippen LogP contribution is -2.39. The molecule has 3 aliphatic heterocycles. The van der Waals surface area contributed by atoms with Crippen LogP contribution in [0, 0.1) is 12.8 Å². The molecule has 2 aromatic rings. The van der Waals surface area contributed by atoms with Crippen LogP contribution in [0.1, 0.15) is 61.7 Å². The van der Waals surface area contributed by atoms with E-state index in [-0.39, 0.29) is 12.0 Å². The van der Waals surface area contributed by atoms with E-state index in [0.717, 1.165) is 81.4 Å². The van der Waals surface area contributed by atoms with Crippen LogP contribution in [0.15, 0.2) is 24.3 Å². The zero-order valence-electron chi connectivity index (χ0n) is 20.1. The third kappa shape index (κ3) is 5.31. The zero-order valence-corrected chi connectivity index (χ0v) is 20.1. The van der Waals surface area contributed by atoms with E-state index in [1.54, 1.807) is 0 Å². The van der Waals surface area contributed by atoms with Crippen molar-refractivity contribution in [1.29, 1.82) is 0 Å². The Morgan fingerprint density at radius 2 is 1.88 bits per heavy atom. The number of aromatic nitrogens is 2. The molecule has 3 aliphatic rings. The first-order valence-electron chi connectivity index (χ1n) is 12.7. The molecule has 0 unspecified atom stereocenters. The minimum Gasteiger partial charge on any atom is -0.490 e. The van der Waals surface area contributed by atoms with Crippen molar-refractivity contribution in [2.75, 3.05) is 31.1 Å². The molecular weight excluding hydrogens is 412 g/mol. The Labute approximate surface area is 197 Å². The third-order valence-electron chi connectivity index (χ3n) is 7.36. The Kier molecular flexibility index (Phi) is 6.52. The highest BCUT2D eigenvalue weighted by molar-refractivity contribution is 5.76. The van der Waals surface area contributed by atoms with E-state index in [1.807, 2.05) is 6.92 Å². The van der Waals surface area contributed by atoms with Crippen LogP contribution in [0.25, 0.3) is 0 Å². The first-order chi connectivity index (χ1) is 16.0. The summed E-state index contributed by atoms with van der Waals surface area (Å²) in [5, 5.41) is 0. The van der Waals surface area contributed by atoms with E-state index >= 15 is 0 Å². The molecule has 1 aromatic carbocycles. The van der Waals surface area contributed by atoms with Crippen molar-refractivity contribution >= 4 is 11.7 Å². The summed E-state index contributed by atoms with van der Waals surface area (Å²) < 4.78 is 5.79. The van der Waals surface area contributed by atoms with Gasteiger partial charge in [-0.05, 0) is 75.5 Å². The summed E-state index contributed by atoms with van der Waals surface area (Å²) in [5.41, 5.74) is 3.67. The Bertz CT molecular complexity index is 994. The van der Waals surface area contributed by atoms with E-state index in [4.69, 9.17) is 9.72 Å². The van der Waals surface area contributed by atoms with E-state index in [9.17, 15) is 4.79 Å². The average Bonchev–Trinajstić information content (AvgIpc) is 3.46. The quantitative estimate of drug-likeness (QED) is 0.665. The second kappa shape index (κ2) is 9.70. The van der Waals surface area contributed by atoms with Crippen LogP contribution >= 0.6 is 0 Å². The van der Waals surface area contributed by atoms with Gasteiger partial charge < -0.3 is 14.5 Å². The minimum absolute atomic E-state index is 0.260. The number of rotatable bonds is 6. The number of anilines is 1. The summed E-state index contributed by atoms with van der Waals surface area (Å²) in [6.45, 7) is 8.04. The van der Waals surface area contributed by atoms with E-state index < -0.39 is 0 Å². The lowest BCUT2D eigenvalue weighted by atomic mass is 9.91. The summed E-state index contributed by atoms with van der Waals surface area (Å²) >= 11 is 0. The molecule has 6 nitrogen and oxygen atoms in total. The van der Waals surface area contributed by atoms with Crippen molar-refractivity contribution in [2.24, 2.45) is 5.92 Å². The second-order valence-corrected chi connectivity index (χ2v) is 10.1. The highest BCUT2D eigenvalue weighted by Crippen LogP contribution is 2.30. The van der Waals surface area contributed by atoms with Crippen molar-refractivity contribution in [3.8, 4) is 5.75 Å². The topological polar surface area (TPSA) is 58.6 Å². The largest absolute Gasteiger partial charge is 0.490 e. The Balaban J connectivity index is 1.10.